The van der Waals surface area contributed by atoms with E-state index >= 15 is 0 Å². The van der Waals surface area contributed by atoms with Gasteiger partial charge < -0.3 is 10.2 Å². The highest BCUT2D eigenvalue weighted by atomic mass is 32.1. The van der Waals surface area contributed by atoms with E-state index in [0.717, 1.165) is 24.6 Å². The number of hydrogen-bond acceptors (Lipinski definition) is 5. The van der Waals surface area contributed by atoms with Gasteiger partial charge in [-0.25, -0.2) is 4.98 Å². The average molecular weight is 302 g/mol. The van der Waals surface area contributed by atoms with E-state index in [1.807, 2.05) is 23.7 Å². The van der Waals surface area contributed by atoms with Crippen LogP contribution in [0.5, 0.6) is 0 Å². The lowest BCUT2D eigenvalue weighted by Crippen LogP contribution is -2.23. The van der Waals surface area contributed by atoms with Crippen LogP contribution in [0, 0.1) is 0 Å². The highest BCUT2D eigenvalue weighted by molar-refractivity contribution is 7.15. The summed E-state index contributed by atoms with van der Waals surface area (Å²) >= 11 is 1.85. The fourth-order valence-electron chi connectivity index (χ4n) is 2.84. The first kappa shape index (κ1) is 14.5. The molecule has 0 saturated heterocycles. The summed E-state index contributed by atoms with van der Waals surface area (Å²) in [7, 11) is 2.12. The largest absolute Gasteiger partial charge is 0.347 e. The topological polar surface area (TPSA) is 41.1 Å². The van der Waals surface area contributed by atoms with Crippen LogP contribution < -0.4 is 10.2 Å². The summed E-state index contributed by atoms with van der Waals surface area (Å²) in [5, 5.41) is 4.71. The quantitative estimate of drug-likeness (QED) is 0.921. The van der Waals surface area contributed by atoms with Crippen LogP contribution in [0.4, 0.5) is 5.13 Å². The molecule has 0 fully saturated rings. The lowest BCUT2D eigenvalue weighted by atomic mass is 9.98. The summed E-state index contributed by atoms with van der Waals surface area (Å²) in [6.45, 7) is 4.07. The van der Waals surface area contributed by atoms with Crippen LogP contribution in [0.2, 0.25) is 0 Å². The molecule has 0 spiro atoms. The first-order valence-electron chi connectivity index (χ1n) is 7.61. The molecule has 0 bridgehead atoms. The zero-order valence-corrected chi connectivity index (χ0v) is 13.5. The van der Waals surface area contributed by atoms with Crippen molar-refractivity contribution in [2.75, 3.05) is 18.5 Å². The van der Waals surface area contributed by atoms with E-state index in [0.29, 0.717) is 6.04 Å². The van der Waals surface area contributed by atoms with Crippen LogP contribution in [0.25, 0.3) is 0 Å². The van der Waals surface area contributed by atoms with Crippen LogP contribution in [0.3, 0.4) is 0 Å². The minimum atomic E-state index is 0.499. The second kappa shape index (κ2) is 6.54. The van der Waals surface area contributed by atoms with E-state index < -0.39 is 0 Å². The van der Waals surface area contributed by atoms with Gasteiger partial charge in [-0.1, -0.05) is 18.3 Å². The van der Waals surface area contributed by atoms with Crippen molar-refractivity contribution in [2.45, 2.75) is 38.8 Å². The zero-order chi connectivity index (χ0) is 14.7. The number of nitrogens with one attached hydrogen (secondary N) is 1. The van der Waals surface area contributed by atoms with Crippen molar-refractivity contribution in [3.63, 3.8) is 0 Å². The SMILES string of the molecule is CCNC1CCCc2nc(N(C)Cc3ccncc3)sc21. The van der Waals surface area contributed by atoms with E-state index in [-0.39, 0.29) is 0 Å². The lowest BCUT2D eigenvalue weighted by molar-refractivity contribution is 0.476. The molecular formula is C16H22N4S. The van der Waals surface area contributed by atoms with Crippen LogP contribution in [0.15, 0.2) is 24.5 Å². The van der Waals surface area contributed by atoms with Crippen LogP contribution in [-0.4, -0.2) is 23.6 Å². The second-order valence-electron chi connectivity index (χ2n) is 5.52. The smallest absolute Gasteiger partial charge is 0.185 e. The standard InChI is InChI=1S/C16H22N4S/c1-3-18-13-5-4-6-14-15(13)21-16(19-14)20(2)11-12-7-9-17-10-8-12/h7-10,13,18H,3-6,11H2,1-2H3. The van der Waals surface area contributed by atoms with Crippen molar-refractivity contribution in [2.24, 2.45) is 0 Å². The number of pyridine rings is 1. The first-order valence-corrected chi connectivity index (χ1v) is 8.42. The van der Waals surface area contributed by atoms with Crippen molar-refractivity contribution in [3.8, 4) is 0 Å². The van der Waals surface area contributed by atoms with Crippen molar-refractivity contribution >= 4 is 16.5 Å². The van der Waals surface area contributed by atoms with Crippen LogP contribution >= 0.6 is 11.3 Å². The second-order valence-corrected chi connectivity index (χ2v) is 6.53. The lowest BCUT2D eigenvalue weighted by Gasteiger charge is -2.21. The molecule has 0 saturated carbocycles. The first-order chi connectivity index (χ1) is 10.3. The van der Waals surface area contributed by atoms with Crippen LogP contribution in [-0.2, 0) is 13.0 Å². The molecule has 4 nitrogen and oxygen atoms in total. The molecule has 2 aromatic rings. The number of aryl methyl sites for hydroxylation is 1. The highest BCUT2D eigenvalue weighted by Crippen LogP contribution is 2.37. The maximum absolute atomic E-state index is 4.87. The third-order valence-corrected chi connectivity index (χ3v) is 5.21. The molecule has 2 heterocycles. The Balaban J connectivity index is 1.77. The van der Waals surface area contributed by atoms with E-state index in [1.165, 1.54) is 29.0 Å². The summed E-state index contributed by atoms with van der Waals surface area (Å²) in [6.07, 6.45) is 7.28. The molecule has 0 radical (unpaired) electrons. The van der Waals surface area contributed by atoms with Gasteiger partial charge in [-0.05, 0) is 43.5 Å². The maximum atomic E-state index is 4.87. The normalized spacial score (nSPS) is 17.5. The molecule has 5 heteroatoms. The summed E-state index contributed by atoms with van der Waals surface area (Å²) in [5.74, 6) is 0. The zero-order valence-electron chi connectivity index (χ0n) is 12.7. The van der Waals surface area contributed by atoms with Crippen LogP contribution in [0.1, 0.15) is 41.9 Å². The fraction of sp³-hybridized carbons (Fsp3) is 0.500. The minimum absolute atomic E-state index is 0.499. The Morgan fingerprint density at radius 1 is 1.38 bits per heavy atom. The van der Waals surface area contributed by atoms with E-state index in [9.17, 15) is 0 Å². The molecule has 2 aromatic heterocycles. The molecule has 1 aliphatic carbocycles. The Hall–Kier alpha value is -1.46. The van der Waals surface area contributed by atoms with Gasteiger partial charge in [0.25, 0.3) is 0 Å². The molecule has 0 aromatic carbocycles. The molecule has 1 atom stereocenters. The molecule has 1 unspecified atom stereocenters. The number of nitrogens with zero attached hydrogens (tertiary/aromatic N) is 3. The molecular weight excluding hydrogens is 280 g/mol. The van der Waals surface area contributed by atoms with Crippen molar-refractivity contribution in [1.29, 1.82) is 0 Å². The predicted octanol–water partition coefficient (Wildman–Crippen LogP) is 3.16. The van der Waals surface area contributed by atoms with Crippen molar-refractivity contribution in [3.05, 3.63) is 40.7 Å². The Bertz CT molecular complexity index is 581. The number of rotatable bonds is 5. The van der Waals surface area contributed by atoms with Gasteiger partial charge in [-0.3, -0.25) is 4.98 Å². The highest BCUT2D eigenvalue weighted by Gasteiger charge is 2.24. The van der Waals surface area contributed by atoms with Gasteiger partial charge in [-0.2, -0.15) is 0 Å². The summed E-state index contributed by atoms with van der Waals surface area (Å²) in [5.41, 5.74) is 2.57. The number of thiazole rings is 1. The average Bonchev–Trinajstić information content (AvgIpc) is 2.94. The summed E-state index contributed by atoms with van der Waals surface area (Å²) in [6, 6.07) is 4.62. The van der Waals surface area contributed by atoms with Gasteiger partial charge in [0.2, 0.25) is 0 Å². The fourth-order valence-corrected chi connectivity index (χ4v) is 4.02. The van der Waals surface area contributed by atoms with E-state index in [2.05, 4.69) is 41.3 Å². The van der Waals surface area contributed by atoms with Gasteiger partial charge in [0.05, 0.1) is 5.69 Å². The predicted molar refractivity (Wildman–Crippen MR) is 87.8 cm³/mol. The molecule has 112 valence electrons. The number of hydrogen-bond donors (Lipinski definition) is 1. The third-order valence-electron chi connectivity index (χ3n) is 3.89. The van der Waals surface area contributed by atoms with Gasteiger partial charge in [0, 0.05) is 36.9 Å². The number of anilines is 1. The van der Waals surface area contributed by atoms with Crippen molar-refractivity contribution in [1.82, 2.24) is 15.3 Å². The van der Waals surface area contributed by atoms with Gasteiger partial charge in [0.1, 0.15) is 0 Å². The Morgan fingerprint density at radius 3 is 2.95 bits per heavy atom. The molecule has 1 aliphatic rings. The third kappa shape index (κ3) is 3.24. The maximum Gasteiger partial charge on any atom is 0.185 e. The van der Waals surface area contributed by atoms with E-state index in [1.54, 1.807) is 0 Å². The van der Waals surface area contributed by atoms with Gasteiger partial charge >= 0.3 is 0 Å². The minimum Gasteiger partial charge on any atom is -0.347 e. The molecule has 1 N–H and O–H groups in total. The van der Waals surface area contributed by atoms with Gasteiger partial charge in [-0.15, -0.1) is 0 Å². The summed E-state index contributed by atoms with van der Waals surface area (Å²) < 4.78 is 0. The van der Waals surface area contributed by atoms with Gasteiger partial charge in [0.15, 0.2) is 5.13 Å². The Labute approximate surface area is 130 Å². The molecule has 21 heavy (non-hydrogen) atoms. The molecule has 3 rings (SSSR count). The molecule has 0 amide bonds. The summed E-state index contributed by atoms with van der Waals surface area (Å²) in [4.78, 5) is 12.6. The molecule has 0 aliphatic heterocycles. The monoisotopic (exact) mass is 302 g/mol. The van der Waals surface area contributed by atoms with E-state index in [4.69, 9.17) is 4.98 Å². The Morgan fingerprint density at radius 2 is 2.19 bits per heavy atom. The number of fused-ring (bicyclic) bond motifs is 1. The number of aromatic nitrogens is 2. The Kier molecular flexibility index (Phi) is 4.51. The van der Waals surface area contributed by atoms with Crippen molar-refractivity contribution < 1.29 is 0 Å².